The van der Waals surface area contributed by atoms with Crippen LogP contribution >= 0.6 is 0 Å². The zero-order valence-corrected chi connectivity index (χ0v) is 10.9. The second-order valence-corrected chi connectivity index (χ2v) is 4.22. The molecule has 0 bridgehead atoms. The van der Waals surface area contributed by atoms with E-state index in [1.807, 2.05) is 6.92 Å². The van der Waals surface area contributed by atoms with Crippen molar-refractivity contribution in [1.82, 2.24) is 5.32 Å². The monoisotopic (exact) mass is 274 g/mol. The van der Waals surface area contributed by atoms with Gasteiger partial charge in [0.15, 0.2) is 0 Å². The summed E-state index contributed by atoms with van der Waals surface area (Å²) in [6.07, 6.45) is 0.758. The number of benzene rings is 1. The van der Waals surface area contributed by atoms with E-state index in [0.29, 0.717) is 23.2 Å². The first-order chi connectivity index (χ1) is 9.60. The molecule has 0 unspecified atom stereocenters. The second-order valence-electron chi connectivity index (χ2n) is 4.22. The van der Waals surface area contributed by atoms with E-state index in [4.69, 9.17) is 4.42 Å². The lowest BCUT2D eigenvalue weighted by atomic mass is 10.2. The van der Waals surface area contributed by atoms with Crippen LogP contribution in [0.25, 0.3) is 11.0 Å². The summed E-state index contributed by atoms with van der Waals surface area (Å²) < 4.78 is 4.97. The van der Waals surface area contributed by atoms with Crippen LogP contribution in [0, 0.1) is 0 Å². The number of hydrogen-bond donors (Lipinski definition) is 2. The van der Waals surface area contributed by atoms with Gasteiger partial charge in [0.05, 0.1) is 0 Å². The summed E-state index contributed by atoms with van der Waals surface area (Å²) in [6, 6.07) is 7.64. The maximum absolute atomic E-state index is 11.6. The molecule has 0 radical (unpaired) electrons. The summed E-state index contributed by atoms with van der Waals surface area (Å²) in [5.74, 6) is -1.40. The Hall–Kier alpha value is -2.63. The number of hydrogen-bond acceptors (Lipinski definition) is 4. The third-order valence-electron chi connectivity index (χ3n) is 2.62. The van der Waals surface area contributed by atoms with Crippen LogP contribution in [0.2, 0.25) is 0 Å². The molecule has 0 atom stereocenters. The van der Waals surface area contributed by atoms with Gasteiger partial charge in [0.2, 0.25) is 0 Å². The van der Waals surface area contributed by atoms with Crippen molar-refractivity contribution < 1.29 is 14.0 Å². The molecule has 1 aromatic heterocycles. The van der Waals surface area contributed by atoms with Crippen LogP contribution in [0.4, 0.5) is 5.69 Å². The molecule has 0 saturated carbocycles. The lowest BCUT2D eigenvalue weighted by molar-refractivity contribution is -0.136. The average molecular weight is 274 g/mol. The topological polar surface area (TPSA) is 88.4 Å². The summed E-state index contributed by atoms with van der Waals surface area (Å²) in [6.45, 7) is 2.35. The minimum absolute atomic E-state index is 0.422. The van der Waals surface area contributed by atoms with E-state index < -0.39 is 17.4 Å². The molecule has 0 fully saturated rings. The van der Waals surface area contributed by atoms with Crippen LogP contribution in [0.5, 0.6) is 0 Å². The number of amides is 2. The number of anilines is 1. The van der Waals surface area contributed by atoms with Gasteiger partial charge in [-0.1, -0.05) is 6.92 Å². The van der Waals surface area contributed by atoms with E-state index in [9.17, 15) is 14.4 Å². The Morgan fingerprint density at radius 3 is 2.70 bits per heavy atom. The maximum Gasteiger partial charge on any atom is 0.336 e. The lowest BCUT2D eigenvalue weighted by Gasteiger charge is -2.06. The fraction of sp³-hybridized carbons (Fsp3) is 0.214. The fourth-order valence-corrected chi connectivity index (χ4v) is 1.66. The summed E-state index contributed by atoms with van der Waals surface area (Å²) in [5, 5.41) is 5.64. The van der Waals surface area contributed by atoms with E-state index in [-0.39, 0.29) is 0 Å². The molecule has 2 amide bonds. The highest BCUT2D eigenvalue weighted by atomic mass is 16.4. The van der Waals surface area contributed by atoms with Crippen molar-refractivity contribution in [3.05, 3.63) is 40.8 Å². The molecular formula is C14H14N2O4. The van der Waals surface area contributed by atoms with Gasteiger partial charge in [-0.15, -0.1) is 0 Å². The van der Waals surface area contributed by atoms with Crippen LogP contribution in [0.15, 0.2) is 39.5 Å². The molecule has 2 aromatic rings. The van der Waals surface area contributed by atoms with Crippen LogP contribution < -0.4 is 16.3 Å². The number of carbonyl (C=O) groups is 2. The molecule has 0 saturated heterocycles. The molecule has 0 spiro atoms. The van der Waals surface area contributed by atoms with Crippen molar-refractivity contribution in [2.24, 2.45) is 0 Å². The number of nitrogens with one attached hydrogen (secondary N) is 2. The number of carbonyl (C=O) groups excluding carboxylic acids is 2. The van der Waals surface area contributed by atoms with Crippen molar-refractivity contribution in [3.8, 4) is 0 Å². The minimum atomic E-state index is -0.727. The molecule has 0 aliphatic carbocycles. The molecule has 6 nitrogen and oxygen atoms in total. The molecule has 104 valence electrons. The standard InChI is InChI=1S/C14H14N2O4/c1-2-7-15-13(18)14(19)16-10-4-5-11-9(8-10)3-6-12(17)20-11/h3-6,8H,2,7H2,1H3,(H,15,18)(H,16,19). The Kier molecular flexibility index (Phi) is 4.14. The van der Waals surface area contributed by atoms with Gasteiger partial charge < -0.3 is 15.1 Å². The Morgan fingerprint density at radius 2 is 1.95 bits per heavy atom. The zero-order chi connectivity index (χ0) is 14.5. The molecule has 20 heavy (non-hydrogen) atoms. The Morgan fingerprint density at radius 1 is 1.15 bits per heavy atom. The van der Waals surface area contributed by atoms with Gasteiger partial charge in [-0.25, -0.2) is 4.79 Å². The van der Waals surface area contributed by atoms with Gasteiger partial charge in [0.1, 0.15) is 5.58 Å². The summed E-state index contributed by atoms with van der Waals surface area (Å²) in [5.41, 5.74) is 0.446. The van der Waals surface area contributed by atoms with Gasteiger partial charge in [-0.3, -0.25) is 9.59 Å². The van der Waals surface area contributed by atoms with Crippen molar-refractivity contribution in [3.63, 3.8) is 0 Å². The summed E-state index contributed by atoms with van der Waals surface area (Å²) in [7, 11) is 0. The SMILES string of the molecule is CCCNC(=O)C(=O)Nc1ccc2oc(=O)ccc2c1. The Balaban J connectivity index is 2.14. The van der Waals surface area contributed by atoms with Gasteiger partial charge in [-0.05, 0) is 30.7 Å². The predicted molar refractivity (Wildman–Crippen MR) is 74.4 cm³/mol. The third kappa shape index (κ3) is 3.23. The Labute approximate surface area is 114 Å². The molecule has 1 aromatic carbocycles. The van der Waals surface area contributed by atoms with Gasteiger partial charge in [0, 0.05) is 23.7 Å². The van der Waals surface area contributed by atoms with E-state index in [2.05, 4.69) is 10.6 Å². The van der Waals surface area contributed by atoms with E-state index in [1.165, 1.54) is 6.07 Å². The molecule has 2 rings (SSSR count). The van der Waals surface area contributed by atoms with E-state index in [0.717, 1.165) is 6.42 Å². The molecule has 6 heteroatoms. The highest BCUT2D eigenvalue weighted by Crippen LogP contribution is 2.17. The highest BCUT2D eigenvalue weighted by molar-refractivity contribution is 6.39. The van der Waals surface area contributed by atoms with Crippen molar-refractivity contribution >= 4 is 28.5 Å². The second kappa shape index (κ2) is 6.01. The van der Waals surface area contributed by atoms with Crippen LogP contribution in [-0.2, 0) is 9.59 Å². The molecule has 0 aliphatic heterocycles. The van der Waals surface area contributed by atoms with Gasteiger partial charge in [-0.2, -0.15) is 0 Å². The third-order valence-corrected chi connectivity index (χ3v) is 2.62. The zero-order valence-electron chi connectivity index (χ0n) is 10.9. The van der Waals surface area contributed by atoms with Gasteiger partial charge in [0.25, 0.3) is 0 Å². The first-order valence-corrected chi connectivity index (χ1v) is 6.23. The van der Waals surface area contributed by atoms with E-state index in [1.54, 1.807) is 24.3 Å². The normalized spacial score (nSPS) is 10.2. The first-order valence-electron chi connectivity index (χ1n) is 6.23. The van der Waals surface area contributed by atoms with E-state index >= 15 is 0 Å². The highest BCUT2D eigenvalue weighted by Gasteiger charge is 2.12. The fourth-order valence-electron chi connectivity index (χ4n) is 1.66. The van der Waals surface area contributed by atoms with Gasteiger partial charge >= 0.3 is 17.4 Å². The maximum atomic E-state index is 11.6. The molecule has 0 aliphatic rings. The Bertz CT molecular complexity index is 706. The van der Waals surface area contributed by atoms with Crippen LogP contribution in [0.1, 0.15) is 13.3 Å². The summed E-state index contributed by atoms with van der Waals surface area (Å²) in [4.78, 5) is 34.1. The number of rotatable bonds is 3. The number of fused-ring (bicyclic) bond motifs is 1. The smallest absolute Gasteiger partial charge is 0.336 e. The van der Waals surface area contributed by atoms with Crippen molar-refractivity contribution in [2.75, 3.05) is 11.9 Å². The van der Waals surface area contributed by atoms with Crippen LogP contribution in [0.3, 0.4) is 0 Å². The molecular weight excluding hydrogens is 260 g/mol. The first kappa shape index (κ1) is 13.8. The van der Waals surface area contributed by atoms with Crippen LogP contribution in [-0.4, -0.2) is 18.4 Å². The molecule has 2 N–H and O–H groups in total. The van der Waals surface area contributed by atoms with Crippen molar-refractivity contribution in [2.45, 2.75) is 13.3 Å². The van der Waals surface area contributed by atoms with Crippen molar-refractivity contribution in [1.29, 1.82) is 0 Å². The summed E-state index contributed by atoms with van der Waals surface area (Å²) >= 11 is 0. The lowest BCUT2D eigenvalue weighted by Crippen LogP contribution is -2.35. The average Bonchev–Trinajstić information content (AvgIpc) is 2.44. The largest absolute Gasteiger partial charge is 0.423 e. The minimum Gasteiger partial charge on any atom is -0.423 e. The molecule has 1 heterocycles. The quantitative estimate of drug-likeness (QED) is 0.651. The predicted octanol–water partition coefficient (Wildman–Crippen LogP) is 1.26.